The van der Waals surface area contributed by atoms with Crippen molar-refractivity contribution < 1.29 is 9.59 Å². The van der Waals surface area contributed by atoms with Gasteiger partial charge >= 0.3 is 6.03 Å². The summed E-state index contributed by atoms with van der Waals surface area (Å²) in [6.07, 6.45) is 4.98. The molecule has 4 rings (SSSR count). The summed E-state index contributed by atoms with van der Waals surface area (Å²) < 4.78 is 0. The van der Waals surface area contributed by atoms with Gasteiger partial charge in [-0.1, -0.05) is 36.2 Å². The van der Waals surface area contributed by atoms with E-state index in [4.69, 9.17) is 0 Å². The van der Waals surface area contributed by atoms with Gasteiger partial charge in [0.05, 0.1) is 11.5 Å². The minimum atomic E-state index is -0.332. The molecule has 2 aliphatic heterocycles. The summed E-state index contributed by atoms with van der Waals surface area (Å²) >= 11 is 0. The van der Waals surface area contributed by atoms with Gasteiger partial charge in [-0.3, -0.25) is 4.79 Å². The monoisotopic (exact) mass is 341 g/mol. The van der Waals surface area contributed by atoms with Gasteiger partial charge in [0.2, 0.25) is 5.91 Å². The fourth-order valence-corrected chi connectivity index (χ4v) is 4.63. The largest absolute Gasteiger partial charge is 0.340 e. The van der Waals surface area contributed by atoms with Crippen LogP contribution in [0.3, 0.4) is 0 Å². The number of rotatable bonds is 3. The molecular formula is C20H27N3O2. The third-order valence-electron chi connectivity index (χ3n) is 6.20. The second-order valence-corrected chi connectivity index (χ2v) is 7.78. The third kappa shape index (κ3) is 2.79. The van der Waals surface area contributed by atoms with Gasteiger partial charge in [0.15, 0.2) is 0 Å². The number of likely N-dealkylation sites (tertiary alicyclic amines) is 1. The molecule has 1 saturated carbocycles. The molecule has 1 aromatic carbocycles. The van der Waals surface area contributed by atoms with Gasteiger partial charge in [0.25, 0.3) is 0 Å². The maximum absolute atomic E-state index is 13.5. The molecule has 0 spiro atoms. The van der Waals surface area contributed by atoms with E-state index in [0.717, 1.165) is 51.7 Å². The second-order valence-electron chi connectivity index (χ2n) is 7.78. The molecule has 0 bridgehead atoms. The number of amides is 3. The van der Waals surface area contributed by atoms with E-state index in [2.05, 4.69) is 36.5 Å². The normalized spacial score (nSPS) is 25.5. The van der Waals surface area contributed by atoms with E-state index >= 15 is 0 Å². The molecule has 5 heteroatoms. The van der Waals surface area contributed by atoms with E-state index in [-0.39, 0.29) is 23.4 Å². The average Bonchev–Trinajstić information content (AvgIpc) is 3.00. The molecule has 1 unspecified atom stereocenters. The molecule has 3 aliphatic rings. The number of benzene rings is 1. The third-order valence-corrected chi connectivity index (χ3v) is 6.20. The molecule has 0 aromatic heterocycles. The van der Waals surface area contributed by atoms with Crippen LogP contribution in [0.2, 0.25) is 0 Å². The Bertz CT molecular complexity index is 683. The Morgan fingerprint density at radius 2 is 2.08 bits per heavy atom. The lowest BCUT2D eigenvalue weighted by molar-refractivity contribution is -0.142. The molecular weight excluding hydrogens is 314 g/mol. The number of aryl methyl sites for hydroxylation is 1. The molecule has 25 heavy (non-hydrogen) atoms. The number of piperidine rings is 1. The van der Waals surface area contributed by atoms with Gasteiger partial charge in [0, 0.05) is 26.2 Å². The molecule has 3 fully saturated rings. The Hall–Kier alpha value is -2.04. The molecule has 2 heterocycles. The standard InChI is InChI=1S/C20H27N3O2/c1-15-5-2-6-16(13-15)20(8-4-9-20)18(24)22-11-3-7-17(14-22)23-12-10-21-19(23)25/h2,5-6,13,17H,3-4,7-12,14H2,1H3,(H,21,25). The smallest absolute Gasteiger partial charge is 0.317 e. The number of carbonyl (C=O) groups is 2. The van der Waals surface area contributed by atoms with Crippen molar-refractivity contribution in [3.8, 4) is 0 Å². The second kappa shape index (κ2) is 6.36. The van der Waals surface area contributed by atoms with Crippen LogP contribution in [-0.4, -0.2) is 54.0 Å². The molecule has 1 N–H and O–H groups in total. The molecule has 1 aromatic rings. The zero-order valence-corrected chi connectivity index (χ0v) is 15.0. The summed E-state index contributed by atoms with van der Waals surface area (Å²) in [5.41, 5.74) is 2.05. The van der Waals surface area contributed by atoms with Crippen LogP contribution in [0.4, 0.5) is 4.79 Å². The maximum atomic E-state index is 13.5. The lowest BCUT2D eigenvalue weighted by Gasteiger charge is -2.46. The van der Waals surface area contributed by atoms with E-state index in [0.29, 0.717) is 6.54 Å². The maximum Gasteiger partial charge on any atom is 0.317 e. The topological polar surface area (TPSA) is 52.7 Å². The average molecular weight is 341 g/mol. The highest BCUT2D eigenvalue weighted by Crippen LogP contribution is 2.45. The van der Waals surface area contributed by atoms with Crippen LogP contribution in [0.5, 0.6) is 0 Å². The quantitative estimate of drug-likeness (QED) is 0.918. The molecule has 2 saturated heterocycles. The van der Waals surface area contributed by atoms with Crippen LogP contribution < -0.4 is 5.32 Å². The Kier molecular flexibility index (Phi) is 4.18. The van der Waals surface area contributed by atoms with Crippen molar-refractivity contribution in [2.24, 2.45) is 0 Å². The first-order valence-electron chi connectivity index (χ1n) is 9.51. The molecule has 134 valence electrons. The van der Waals surface area contributed by atoms with Crippen molar-refractivity contribution in [1.29, 1.82) is 0 Å². The molecule has 5 nitrogen and oxygen atoms in total. The van der Waals surface area contributed by atoms with Gasteiger partial charge in [-0.15, -0.1) is 0 Å². The molecule has 0 radical (unpaired) electrons. The van der Waals surface area contributed by atoms with Gasteiger partial charge in [0.1, 0.15) is 0 Å². The molecule has 1 atom stereocenters. The van der Waals surface area contributed by atoms with Crippen LogP contribution in [0.15, 0.2) is 24.3 Å². The highest BCUT2D eigenvalue weighted by Gasteiger charge is 2.48. The Morgan fingerprint density at radius 3 is 2.72 bits per heavy atom. The number of hydrogen-bond donors (Lipinski definition) is 1. The van der Waals surface area contributed by atoms with Crippen LogP contribution in [0, 0.1) is 6.92 Å². The van der Waals surface area contributed by atoms with E-state index in [9.17, 15) is 9.59 Å². The van der Waals surface area contributed by atoms with Crippen molar-refractivity contribution in [1.82, 2.24) is 15.1 Å². The van der Waals surface area contributed by atoms with Crippen molar-refractivity contribution in [3.63, 3.8) is 0 Å². The predicted molar refractivity (Wildman–Crippen MR) is 96.4 cm³/mol. The van der Waals surface area contributed by atoms with Crippen molar-refractivity contribution in [2.45, 2.75) is 50.5 Å². The Balaban J connectivity index is 1.54. The van der Waals surface area contributed by atoms with Gasteiger partial charge < -0.3 is 15.1 Å². The van der Waals surface area contributed by atoms with Crippen molar-refractivity contribution >= 4 is 11.9 Å². The lowest BCUT2D eigenvalue weighted by Crippen LogP contribution is -2.57. The fraction of sp³-hybridized carbons (Fsp3) is 0.600. The van der Waals surface area contributed by atoms with Crippen molar-refractivity contribution in [3.05, 3.63) is 35.4 Å². The van der Waals surface area contributed by atoms with Gasteiger partial charge in [-0.2, -0.15) is 0 Å². The van der Waals surface area contributed by atoms with E-state index in [1.807, 2.05) is 9.80 Å². The van der Waals surface area contributed by atoms with Gasteiger partial charge in [-0.05, 0) is 38.2 Å². The minimum absolute atomic E-state index is 0.0244. The summed E-state index contributed by atoms with van der Waals surface area (Å²) in [5.74, 6) is 0.272. The highest BCUT2D eigenvalue weighted by atomic mass is 16.2. The zero-order chi connectivity index (χ0) is 17.4. The summed E-state index contributed by atoms with van der Waals surface area (Å²) in [6.45, 7) is 5.06. The van der Waals surface area contributed by atoms with Crippen LogP contribution >= 0.6 is 0 Å². The number of nitrogens with zero attached hydrogens (tertiary/aromatic N) is 2. The molecule has 1 aliphatic carbocycles. The Labute approximate surface area is 149 Å². The predicted octanol–water partition coefficient (Wildman–Crippen LogP) is 2.43. The lowest BCUT2D eigenvalue weighted by atomic mass is 9.63. The summed E-state index contributed by atoms with van der Waals surface area (Å²) in [4.78, 5) is 29.4. The summed E-state index contributed by atoms with van der Waals surface area (Å²) in [6, 6.07) is 8.62. The number of carbonyl (C=O) groups excluding carboxylic acids is 2. The van der Waals surface area contributed by atoms with Crippen LogP contribution in [0.25, 0.3) is 0 Å². The van der Waals surface area contributed by atoms with E-state index < -0.39 is 0 Å². The zero-order valence-electron chi connectivity index (χ0n) is 15.0. The number of nitrogens with one attached hydrogen (secondary N) is 1. The van der Waals surface area contributed by atoms with Crippen molar-refractivity contribution in [2.75, 3.05) is 26.2 Å². The fourth-order valence-electron chi connectivity index (χ4n) is 4.63. The van der Waals surface area contributed by atoms with Crippen LogP contribution in [0.1, 0.15) is 43.2 Å². The number of hydrogen-bond acceptors (Lipinski definition) is 2. The summed E-state index contributed by atoms with van der Waals surface area (Å²) in [7, 11) is 0. The van der Waals surface area contributed by atoms with Crippen LogP contribution in [-0.2, 0) is 10.2 Å². The summed E-state index contributed by atoms with van der Waals surface area (Å²) in [5, 5.41) is 2.88. The SMILES string of the molecule is Cc1cccc(C2(C(=O)N3CCCC(N4CCNC4=O)C3)CCC2)c1. The van der Waals surface area contributed by atoms with E-state index in [1.165, 1.54) is 11.1 Å². The first-order valence-corrected chi connectivity index (χ1v) is 9.51. The first kappa shape index (κ1) is 16.4. The number of urea groups is 1. The van der Waals surface area contributed by atoms with E-state index in [1.54, 1.807) is 0 Å². The first-order chi connectivity index (χ1) is 12.1. The minimum Gasteiger partial charge on any atom is -0.340 e. The molecule has 3 amide bonds. The van der Waals surface area contributed by atoms with Gasteiger partial charge in [-0.25, -0.2) is 4.79 Å². The Morgan fingerprint density at radius 1 is 1.24 bits per heavy atom. The highest BCUT2D eigenvalue weighted by molar-refractivity contribution is 5.89.